The van der Waals surface area contributed by atoms with E-state index >= 15 is 0 Å². The number of anilines is 2. The van der Waals surface area contributed by atoms with E-state index in [0.29, 0.717) is 0 Å². The zero-order valence-electron chi connectivity index (χ0n) is 19.7. The highest BCUT2D eigenvalue weighted by atomic mass is 16.1. The summed E-state index contributed by atoms with van der Waals surface area (Å²) in [5, 5.41) is 4.10. The van der Waals surface area contributed by atoms with E-state index in [0.717, 1.165) is 92.2 Å². The van der Waals surface area contributed by atoms with Crippen molar-refractivity contribution in [2.75, 3.05) is 56.0 Å². The zero-order chi connectivity index (χ0) is 22.8. The molecule has 5 rings (SSSR count). The molecule has 0 bridgehead atoms. The summed E-state index contributed by atoms with van der Waals surface area (Å²) in [6.07, 6.45) is 0.883. The summed E-state index contributed by atoms with van der Waals surface area (Å²) in [5.41, 5.74) is 5.85. The zero-order valence-corrected chi connectivity index (χ0v) is 19.7. The molecule has 0 radical (unpaired) electrons. The number of pyridine rings is 1. The molecular weight excluding hydrogens is 410 g/mol. The fraction of sp³-hybridized carbons (Fsp3) is 0.407. The lowest BCUT2D eigenvalue weighted by Gasteiger charge is -2.35. The van der Waals surface area contributed by atoms with Gasteiger partial charge < -0.3 is 15.1 Å². The summed E-state index contributed by atoms with van der Waals surface area (Å²) in [7, 11) is 0. The van der Waals surface area contributed by atoms with Crippen LogP contribution in [0.5, 0.6) is 0 Å². The molecule has 33 heavy (non-hydrogen) atoms. The van der Waals surface area contributed by atoms with Crippen molar-refractivity contribution in [1.29, 1.82) is 0 Å². The van der Waals surface area contributed by atoms with E-state index in [1.165, 1.54) is 5.69 Å². The Morgan fingerprint density at radius 2 is 1.64 bits per heavy atom. The largest absolute Gasteiger partial charge is 0.369 e. The number of aromatic nitrogens is 1. The second kappa shape index (κ2) is 9.49. The Kier molecular flexibility index (Phi) is 6.29. The van der Waals surface area contributed by atoms with E-state index < -0.39 is 0 Å². The highest BCUT2D eigenvalue weighted by Crippen LogP contribution is 2.29. The first-order chi connectivity index (χ1) is 16.2. The number of amides is 1. The minimum Gasteiger partial charge on any atom is -0.369 e. The van der Waals surface area contributed by atoms with Crippen LogP contribution >= 0.6 is 0 Å². The smallest absolute Gasteiger partial charge is 0.256 e. The van der Waals surface area contributed by atoms with Gasteiger partial charge in [0.25, 0.3) is 5.91 Å². The molecule has 6 nitrogen and oxygen atoms in total. The van der Waals surface area contributed by atoms with Crippen LogP contribution in [-0.4, -0.2) is 66.5 Å². The second-order valence-corrected chi connectivity index (χ2v) is 8.97. The highest BCUT2D eigenvalue weighted by molar-refractivity contribution is 6.13. The Bertz CT molecular complexity index is 1140. The van der Waals surface area contributed by atoms with Crippen molar-refractivity contribution in [2.45, 2.75) is 26.8 Å². The van der Waals surface area contributed by atoms with Gasteiger partial charge in [-0.2, -0.15) is 0 Å². The number of likely N-dealkylation sites (N-methyl/N-ethyl adjacent to an activating group) is 2. The summed E-state index contributed by atoms with van der Waals surface area (Å²) < 4.78 is 0. The van der Waals surface area contributed by atoms with Crippen LogP contribution in [0.15, 0.2) is 48.5 Å². The first-order valence-corrected chi connectivity index (χ1v) is 12.2. The Morgan fingerprint density at radius 3 is 2.36 bits per heavy atom. The van der Waals surface area contributed by atoms with Crippen LogP contribution in [0, 0.1) is 0 Å². The van der Waals surface area contributed by atoms with E-state index in [2.05, 4.69) is 46.0 Å². The normalized spacial score (nSPS) is 17.2. The first-order valence-electron chi connectivity index (χ1n) is 12.2. The van der Waals surface area contributed by atoms with E-state index in [-0.39, 0.29) is 5.91 Å². The molecule has 1 aromatic heterocycles. The highest BCUT2D eigenvalue weighted by Gasteiger charge is 2.25. The van der Waals surface area contributed by atoms with Gasteiger partial charge in [-0.05, 0) is 43.4 Å². The summed E-state index contributed by atoms with van der Waals surface area (Å²) >= 11 is 0. The third kappa shape index (κ3) is 4.45. The summed E-state index contributed by atoms with van der Waals surface area (Å²) in [6.45, 7) is 12.5. The van der Waals surface area contributed by atoms with Crippen LogP contribution in [0.2, 0.25) is 0 Å². The quantitative estimate of drug-likeness (QED) is 0.646. The molecule has 1 saturated heterocycles. The number of para-hydroxylation sites is 1. The molecule has 2 aliphatic rings. The van der Waals surface area contributed by atoms with Crippen LogP contribution < -0.4 is 10.2 Å². The number of nitrogens with one attached hydrogen (secondary N) is 1. The van der Waals surface area contributed by atoms with Gasteiger partial charge in [-0.3, -0.25) is 14.7 Å². The van der Waals surface area contributed by atoms with Gasteiger partial charge in [0.1, 0.15) is 0 Å². The molecule has 0 saturated carbocycles. The maximum atomic E-state index is 13.6. The van der Waals surface area contributed by atoms with Gasteiger partial charge in [-0.25, -0.2) is 0 Å². The number of carbonyl (C=O) groups is 1. The number of hydrogen-bond donors (Lipinski definition) is 1. The third-order valence-electron chi connectivity index (χ3n) is 7.11. The van der Waals surface area contributed by atoms with Crippen LogP contribution in [0.1, 0.15) is 35.5 Å². The van der Waals surface area contributed by atoms with Gasteiger partial charge in [0.15, 0.2) is 0 Å². The second-order valence-electron chi connectivity index (χ2n) is 8.97. The van der Waals surface area contributed by atoms with Gasteiger partial charge in [-0.1, -0.05) is 32.0 Å². The molecule has 0 aliphatic carbocycles. The molecule has 0 unspecified atom stereocenters. The van der Waals surface area contributed by atoms with Crippen molar-refractivity contribution in [1.82, 2.24) is 14.8 Å². The van der Waals surface area contributed by atoms with E-state index in [4.69, 9.17) is 4.98 Å². The number of benzene rings is 2. The van der Waals surface area contributed by atoms with Gasteiger partial charge >= 0.3 is 0 Å². The van der Waals surface area contributed by atoms with Crippen molar-refractivity contribution >= 4 is 28.2 Å². The van der Waals surface area contributed by atoms with E-state index in [1.54, 1.807) is 0 Å². The average Bonchev–Trinajstić information content (AvgIpc) is 2.87. The predicted octanol–water partition coefficient (Wildman–Crippen LogP) is 4.01. The molecule has 1 amide bonds. The van der Waals surface area contributed by atoms with Gasteiger partial charge in [0.05, 0.1) is 11.1 Å². The Morgan fingerprint density at radius 1 is 0.909 bits per heavy atom. The third-order valence-corrected chi connectivity index (χ3v) is 7.11. The molecule has 172 valence electrons. The number of hydrogen-bond acceptors (Lipinski definition) is 5. The number of nitrogens with zero attached hydrogens (tertiary/aromatic N) is 4. The van der Waals surface area contributed by atoms with E-state index in [1.807, 2.05) is 36.4 Å². The van der Waals surface area contributed by atoms with Crippen molar-refractivity contribution in [2.24, 2.45) is 0 Å². The lowest BCUT2D eigenvalue weighted by Crippen LogP contribution is -2.46. The molecule has 2 aliphatic heterocycles. The molecule has 6 heteroatoms. The Hall–Kier alpha value is -2.96. The SMILES string of the molecule is CCN1CCN(c2ccc(NC(=O)c3c4c(nc5ccccc35)CCN(CC)C4)cc2)CC1. The van der Waals surface area contributed by atoms with Crippen LogP contribution in [-0.2, 0) is 13.0 Å². The van der Waals surface area contributed by atoms with E-state index in [9.17, 15) is 4.79 Å². The lowest BCUT2D eigenvalue weighted by molar-refractivity contribution is 0.102. The van der Waals surface area contributed by atoms with Gasteiger partial charge in [0.2, 0.25) is 0 Å². The lowest BCUT2D eigenvalue weighted by atomic mass is 9.95. The maximum Gasteiger partial charge on any atom is 0.256 e. The van der Waals surface area contributed by atoms with Crippen molar-refractivity contribution in [3.63, 3.8) is 0 Å². The summed E-state index contributed by atoms with van der Waals surface area (Å²) in [6, 6.07) is 16.3. The molecule has 2 aromatic carbocycles. The Balaban J connectivity index is 1.39. The molecule has 1 fully saturated rings. The molecule has 0 atom stereocenters. The average molecular weight is 444 g/mol. The van der Waals surface area contributed by atoms with Gasteiger partial charge in [0, 0.05) is 73.7 Å². The van der Waals surface area contributed by atoms with Crippen molar-refractivity contribution < 1.29 is 4.79 Å². The van der Waals surface area contributed by atoms with Crippen LogP contribution in [0.25, 0.3) is 10.9 Å². The first kappa shape index (κ1) is 21.9. The summed E-state index contributed by atoms with van der Waals surface area (Å²) in [5.74, 6) is -0.0490. The van der Waals surface area contributed by atoms with Crippen molar-refractivity contribution in [3.8, 4) is 0 Å². The van der Waals surface area contributed by atoms with Gasteiger partial charge in [-0.15, -0.1) is 0 Å². The predicted molar refractivity (Wildman–Crippen MR) is 135 cm³/mol. The fourth-order valence-electron chi connectivity index (χ4n) is 5.05. The molecule has 0 spiro atoms. The number of carbonyl (C=O) groups excluding carboxylic acids is 1. The summed E-state index contributed by atoms with van der Waals surface area (Å²) in [4.78, 5) is 25.7. The van der Waals surface area contributed by atoms with Crippen molar-refractivity contribution in [3.05, 3.63) is 65.4 Å². The maximum absolute atomic E-state index is 13.6. The molecule has 1 N–H and O–H groups in total. The minimum absolute atomic E-state index is 0.0490. The molecule has 3 aromatic rings. The fourth-order valence-corrected chi connectivity index (χ4v) is 5.05. The van der Waals surface area contributed by atoms with Crippen LogP contribution in [0.4, 0.5) is 11.4 Å². The standard InChI is InChI=1S/C27H33N5O/c1-3-30-15-17-32(18-16-30)21-11-9-20(10-12-21)28-27(33)26-22-7-5-6-8-24(22)29-25-13-14-31(4-2)19-23(25)26/h5-12H,3-4,13-19H2,1-2H3,(H,28,33). The number of piperazine rings is 1. The molecular formula is C27H33N5O. The number of rotatable bonds is 5. The van der Waals surface area contributed by atoms with Crippen LogP contribution in [0.3, 0.4) is 0 Å². The monoisotopic (exact) mass is 443 g/mol. The Labute approximate surface area is 196 Å². The molecule has 3 heterocycles. The number of fused-ring (bicyclic) bond motifs is 2. The topological polar surface area (TPSA) is 51.7 Å². The minimum atomic E-state index is -0.0490.